The van der Waals surface area contributed by atoms with Gasteiger partial charge in [0.1, 0.15) is 11.6 Å². The average Bonchev–Trinajstić information content (AvgIpc) is 3.16. The first-order valence-corrected chi connectivity index (χ1v) is 7.44. The van der Waals surface area contributed by atoms with Gasteiger partial charge in [0.15, 0.2) is 0 Å². The number of rotatable bonds is 2. The lowest BCUT2D eigenvalue weighted by Crippen LogP contribution is -2.05. The van der Waals surface area contributed by atoms with Gasteiger partial charge in [0.2, 0.25) is 0 Å². The highest BCUT2D eigenvalue weighted by molar-refractivity contribution is 5.80. The Morgan fingerprint density at radius 2 is 2.00 bits per heavy atom. The predicted octanol–water partition coefficient (Wildman–Crippen LogP) is 4.87. The molecule has 1 aromatic carbocycles. The van der Waals surface area contributed by atoms with Crippen LogP contribution < -0.4 is 0 Å². The summed E-state index contributed by atoms with van der Waals surface area (Å²) in [5, 5.41) is 0. The molecule has 3 heteroatoms. The number of benzene rings is 1. The summed E-state index contributed by atoms with van der Waals surface area (Å²) < 4.78 is 5.46. The van der Waals surface area contributed by atoms with Gasteiger partial charge >= 0.3 is 0 Å². The third-order valence-corrected chi connectivity index (χ3v) is 4.30. The first-order chi connectivity index (χ1) is 9.90. The second-order valence-electron chi connectivity index (χ2n) is 5.67. The van der Waals surface area contributed by atoms with Gasteiger partial charge in [-0.15, -0.1) is 0 Å². The van der Waals surface area contributed by atoms with Crippen molar-refractivity contribution in [2.45, 2.75) is 38.0 Å². The Kier molecular flexibility index (Phi) is 2.84. The van der Waals surface area contributed by atoms with E-state index in [0.717, 1.165) is 28.2 Å². The highest BCUT2D eigenvalue weighted by Gasteiger charge is 2.18. The molecule has 0 radical (unpaired) electrons. The molecular formula is C17H18N2O. The van der Waals surface area contributed by atoms with Crippen molar-refractivity contribution >= 4 is 11.0 Å². The van der Waals surface area contributed by atoms with Crippen molar-refractivity contribution in [1.29, 1.82) is 0 Å². The molecule has 1 saturated carbocycles. The largest absolute Gasteiger partial charge is 0.464 e. The second kappa shape index (κ2) is 4.82. The fourth-order valence-electron chi connectivity index (χ4n) is 3.19. The number of H-pyrrole nitrogens is 1. The van der Waals surface area contributed by atoms with E-state index in [2.05, 4.69) is 23.2 Å². The van der Waals surface area contributed by atoms with Gasteiger partial charge in [-0.1, -0.05) is 19.3 Å². The third kappa shape index (κ3) is 2.03. The molecule has 4 rings (SSSR count). The van der Waals surface area contributed by atoms with Crippen LogP contribution in [0.2, 0.25) is 0 Å². The van der Waals surface area contributed by atoms with Crippen LogP contribution in [0.5, 0.6) is 0 Å². The zero-order valence-corrected chi connectivity index (χ0v) is 11.4. The van der Waals surface area contributed by atoms with Gasteiger partial charge in [-0.3, -0.25) is 0 Å². The van der Waals surface area contributed by atoms with Gasteiger partial charge in [0.25, 0.3) is 0 Å². The molecule has 0 bridgehead atoms. The lowest BCUT2D eigenvalue weighted by Gasteiger charge is -2.18. The van der Waals surface area contributed by atoms with Gasteiger partial charge in [-0.05, 0) is 43.2 Å². The fraction of sp³-hybridized carbons (Fsp3) is 0.353. The van der Waals surface area contributed by atoms with E-state index >= 15 is 0 Å². The Labute approximate surface area is 118 Å². The van der Waals surface area contributed by atoms with E-state index in [1.54, 1.807) is 6.26 Å². The van der Waals surface area contributed by atoms with Crippen LogP contribution in [0.4, 0.5) is 0 Å². The van der Waals surface area contributed by atoms with Gasteiger partial charge in [-0.25, -0.2) is 4.98 Å². The molecule has 0 spiro atoms. The number of furan rings is 1. The van der Waals surface area contributed by atoms with Crippen molar-refractivity contribution in [3.8, 4) is 11.3 Å². The maximum atomic E-state index is 5.46. The molecular weight excluding hydrogens is 248 g/mol. The summed E-state index contributed by atoms with van der Waals surface area (Å²) >= 11 is 0. The van der Waals surface area contributed by atoms with E-state index in [-0.39, 0.29) is 0 Å². The SMILES string of the molecule is c1coc(-c2ccc3nc(C4CCCCC4)[nH]c3c2)c1. The molecule has 3 aromatic rings. The molecule has 0 atom stereocenters. The molecule has 3 nitrogen and oxygen atoms in total. The first-order valence-electron chi connectivity index (χ1n) is 7.44. The molecule has 102 valence electrons. The van der Waals surface area contributed by atoms with Crippen LogP contribution in [0.3, 0.4) is 0 Å². The van der Waals surface area contributed by atoms with Crippen LogP contribution in [0, 0.1) is 0 Å². The van der Waals surface area contributed by atoms with E-state index < -0.39 is 0 Å². The number of aromatic amines is 1. The van der Waals surface area contributed by atoms with Crippen LogP contribution in [0.1, 0.15) is 43.8 Å². The Bertz CT molecular complexity index is 706. The summed E-state index contributed by atoms with van der Waals surface area (Å²) in [6.45, 7) is 0. The van der Waals surface area contributed by atoms with E-state index in [4.69, 9.17) is 9.40 Å². The summed E-state index contributed by atoms with van der Waals surface area (Å²) in [6, 6.07) is 10.2. The lowest BCUT2D eigenvalue weighted by atomic mass is 9.89. The van der Waals surface area contributed by atoms with Gasteiger partial charge in [-0.2, -0.15) is 0 Å². The number of aromatic nitrogens is 2. The summed E-state index contributed by atoms with van der Waals surface area (Å²) in [4.78, 5) is 8.29. The fourth-order valence-corrected chi connectivity index (χ4v) is 3.19. The van der Waals surface area contributed by atoms with Gasteiger partial charge in [0, 0.05) is 11.5 Å². The Hall–Kier alpha value is -2.03. The number of nitrogens with zero attached hydrogens (tertiary/aromatic N) is 1. The molecule has 0 aliphatic heterocycles. The summed E-state index contributed by atoms with van der Waals surface area (Å²) in [7, 11) is 0. The zero-order valence-electron chi connectivity index (χ0n) is 11.4. The topological polar surface area (TPSA) is 41.8 Å². The molecule has 1 aliphatic carbocycles. The van der Waals surface area contributed by atoms with Crippen LogP contribution in [-0.4, -0.2) is 9.97 Å². The van der Waals surface area contributed by atoms with Crippen LogP contribution in [-0.2, 0) is 0 Å². The Morgan fingerprint density at radius 1 is 1.10 bits per heavy atom. The van der Waals surface area contributed by atoms with E-state index in [1.807, 2.05) is 12.1 Å². The lowest BCUT2D eigenvalue weighted by molar-refractivity contribution is 0.431. The molecule has 1 fully saturated rings. The van der Waals surface area contributed by atoms with Crippen molar-refractivity contribution in [3.05, 3.63) is 42.4 Å². The highest BCUT2D eigenvalue weighted by Crippen LogP contribution is 2.32. The number of fused-ring (bicyclic) bond motifs is 1. The van der Waals surface area contributed by atoms with Crippen molar-refractivity contribution in [2.75, 3.05) is 0 Å². The van der Waals surface area contributed by atoms with Crippen LogP contribution in [0.25, 0.3) is 22.4 Å². The highest BCUT2D eigenvalue weighted by atomic mass is 16.3. The predicted molar refractivity (Wildman–Crippen MR) is 79.6 cm³/mol. The minimum absolute atomic E-state index is 0.614. The van der Waals surface area contributed by atoms with Crippen molar-refractivity contribution in [3.63, 3.8) is 0 Å². The average molecular weight is 266 g/mol. The van der Waals surface area contributed by atoms with Crippen molar-refractivity contribution in [2.24, 2.45) is 0 Å². The quantitative estimate of drug-likeness (QED) is 0.719. The standard InChI is InChI=1S/C17H18N2O/c1-2-5-12(6-3-1)17-18-14-9-8-13(11-15(14)19-17)16-7-4-10-20-16/h4,7-12H,1-3,5-6H2,(H,18,19). The number of nitrogens with one attached hydrogen (secondary N) is 1. The molecule has 0 amide bonds. The van der Waals surface area contributed by atoms with Crippen LogP contribution in [0.15, 0.2) is 41.0 Å². The second-order valence-corrected chi connectivity index (χ2v) is 5.67. The Balaban J connectivity index is 1.72. The third-order valence-electron chi connectivity index (χ3n) is 4.30. The number of hydrogen-bond donors (Lipinski definition) is 1. The molecule has 20 heavy (non-hydrogen) atoms. The Morgan fingerprint density at radius 3 is 2.80 bits per heavy atom. The van der Waals surface area contributed by atoms with E-state index in [9.17, 15) is 0 Å². The smallest absolute Gasteiger partial charge is 0.133 e. The zero-order chi connectivity index (χ0) is 13.4. The number of hydrogen-bond acceptors (Lipinski definition) is 2. The molecule has 1 N–H and O–H groups in total. The first kappa shape index (κ1) is 11.8. The van der Waals surface area contributed by atoms with E-state index in [0.29, 0.717) is 5.92 Å². The monoisotopic (exact) mass is 266 g/mol. The maximum absolute atomic E-state index is 5.46. The summed E-state index contributed by atoms with van der Waals surface area (Å²) in [6.07, 6.45) is 8.29. The van der Waals surface area contributed by atoms with Crippen LogP contribution >= 0.6 is 0 Å². The number of imidazole rings is 1. The molecule has 1 aliphatic rings. The van der Waals surface area contributed by atoms with E-state index in [1.165, 1.54) is 32.1 Å². The molecule has 2 aromatic heterocycles. The molecule has 0 unspecified atom stereocenters. The van der Waals surface area contributed by atoms with Gasteiger partial charge in [0.05, 0.1) is 17.3 Å². The van der Waals surface area contributed by atoms with Crippen molar-refractivity contribution < 1.29 is 4.42 Å². The maximum Gasteiger partial charge on any atom is 0.133 e. The summed E-state index contributed by atoms with van der Waals surface area (Å²) in [5.41, 5.74) is 3.27. The molecule has 2 heterocycles. The minimum atomic E-state index is 0.614. The minimum Gasteiger partial charge on any atom is -0.464 e. The van der Waals surface area contributed by atoms with Gasteiger partial charge < -0.3 is 9.40 Å². The normalized spacial score (nSPS) is 16.8. The summed E-state index contributed by atoms with van der Waals surface area (Å²) in [5.74, 6) is 2.68. The molecule has 0 saturated heterocycles. The van der Waals surface area contributed by atoms with Crippen molar-refractivity contribution in [1.82, 2.24) is 9.97 Å².